The molecule has 0 radical (unpaired) electrons. The number of aliphatic hydroxyl groups is 1. The van der Waals surface area contributed by atoms with E-state index in [9.17, 15) is 5.11 Å². The van der Waals surface area contributed by atoms with E-state index in [0.717, 1.165) is 56.0 Å². The predicted octanol–water partition coefficient (Wildman–Crippen LogP) is 1.87. The number of anilines is 1. The number of hydrogen-bond donors (Lipinski definition) is 2. The Morgan fingerprint density at radius 3 is 2.56 bits per heavy atom. The largest absolute Gasteiger partial charge is 0.392 e. The van der Waals surface area contributed by atoms with Gasteiger partial charge in [-0.25, -0.2) is 0 Å². The highest BCUT2D eigenvalue weighted by Gasteiger charge is 2.30. The van der Waals surface area contributed by atoms with Crippen LogP contribution in [0.3, 0.4) is 0 Å². The van der Waals surface area contributed by atoms with Gasteiger partial charge in [0, 0.05) is 49.6 Å². The maximum absolute atomic E-state index is 10.0. The Morgan fingerprint density at radius 1 is 1.04 bits per heavy atom. The molecule has 2 N–H and O–H groups in total. The third kappa shape index (κ3) is 3.80. The summed E-state index contributed by atoms with van der Waals surface area (Å²) in [6, 6.07) is 8.21. The van der Waals surface area contributed by atoms with E-state index < -0.39 is 0 Å². The van der Waals surface area contributed by atoms with Gasteiger partial charge < -0.3 is 15.3 Å². The van der Waals surface area contributed by atoms with Crippen LogP contribution in [0, 0.1) is 5.92 Å². The zero-order valence-corrected chi connectivity index (χ0v) is 14.4. The molecule has 2 atom stereocenters. The number of pyridine rings is 1. The molecule has 25 heavy (non-hydrogen) atoms. The van der Waals surface area contributed by atoms with Crippen LogP contribution in [0.4, 0.5) is 5.82 Å². The van der Waals surface area contributed by atoms with Gasteiger partial charge in [-0.05, 0) is 37.1 Å². The standard InChI is InChI=1S/C19H25N5O/c25-18-4-2-1-3-17(18)21-11-14-12-24(13-14)19-6-5-16(22-23-19)15-7-9-20-10-8-15/h5-10,14,17-18,21,25H,1-4,11-13H2. The molecule has 1 saturated carbocycles. The van der Waals surface area contributed by atoms with E-state index in [0.29, 0.717) is 5.92 Å². The molecule has 0 spiro atoms. The Morgan fingerprint density at radius 2 is 1.84 bits per heavy atom. The summed E-state index contributed by atoms with van der Waals surface area (Å²) in [6.07, 6.45) is 7.78. The Kier molecular flexibility index (Phi) is 4.90. The minimum absolute atomic E-state index is 0.170. The highest BCUT2D eigenvalue weighted by atomic mass is 16.3. The van der Waals surface area contributed by atoms with Gasteiger partial charge in [0.1, 0.15) is 0 Å². The summed E-state index contributed by atoms with van der Waals surface area (Å²) >= 11 is 0. The SMILES string of the molecule is OC1CCCCC1NCC1CN(c2ccc(-c3ccncc3)nn2)C1. The Labute approximate surface area is 148 Å². The summed E-state index contributed by atoms with van der Waals surface area (Å²) in [5.74, 6) is 1.56. The van der Waals surface area contributed by atoms with Gasteiger partial charge in [-0.2, -0.15) is 0 Å². The third-order valence-corrected chi connectivity index (χ3v) is 5.31. The first-order chi connectivity index (χ1) is 12.3. The first-order valence-electron chi connectivity index (χ1n) is 9.20. The lowest BCUT2D eigenvalue weighted by Crippen LogP contribution is -2.54. The average molecular weight is 339 g/mol. The fraction of sp³-hybridized carbons (Fsp3) is 0.526. The van der Waals surface area contributed by atoms with Crippen LogP contribution >= 0.6 is 0 Å². The van der Waals surface area contributed by atoms with Gasteiger partial charge in [0.05, 0.1) is 11.8 Å². The molecule has 2 aromatic rings. The second-order valence-electron chi connectivity index (χ2n) is 7.15. The van der Waals surface area contributed by atoms with Crippen molar-refractivity contribution in [2.24, 2.45) is 5.92 Å². The van der Waals surface area contributed by atoms with E-state index in [2.05, 4.69) is 25.4 Å². The second kappa shape index (κ2) is 7.45. The minimum atomic E-state index is -0.170. The minimum Gasteiger partial charge on any atom is -0.392 e. The summed E-state index contributed by atoms with van der Waals surface area (Å²) in [4.78, 5) is 6.28. The monoisotopic (exact) mass is 339 g/mol. The highest BCUT2D eigenvalue weighted by Crippen LogP contribution is 2.24. The lowest BCUT2D eigenvalue weighted by molar-refractivity contribution is 0.0879. The van der Waals surface area contributed by atoms with E-state index >= 15 is 0 Å². The van der Waals surface area contributed by atoms with Crippen molar-refractivity contribution >= 4 is 5.82 Å². The molecule has 3 heterocycles. The molecular weight excluding hydrogens is 314 g/mol. The maximum Gasteiger partial charge on any atom is 0.151 e. The van der Waals surface area contributed by atoms with Crippen molar-refractivity contribution < 1.29 is 5.11 Å². The molecule has 2 unspecified atom stereocenters. The smallest absolute Gasteiger partial charge is 0.151 e. The molecule has 1 saturated heterocycles. The van der Waals surface area contributed by atoms with Crippen molar-refractivity contribution in [3.63, 3.8) is 0 Å². The highest BCUT2D eigenvalue weighted by molar-refractivity contribution is 5.59. The molecule has 2 fully saturated rings. The van der Waals surface area contributed by atoms with E-state index in [-0.39, 0.29) is 12.1 Å². The Bertz CT molecular complexity index is 672. The number of aromatic nitrogens is 3. The number of rotatable bonds is 5. The van der Waals surface area contributed by atoms with E-state index in [1.165, 1.54) is 6.42 Å². The molecule has 0 amide bonds. The first kappa shape index (κ1) is 16.4. The van der Waals surface area contributed by atoms with Gasteiger partial charge in [-0.15, -0.1) is 10.2 Å². The van der Waals surface area contributed by atoms with Crippen molar-refractivity contribution in [2.45, 2.75) is 37.8 Å². The average Bonchev–Trinajstić information content (AvgIpc) is 2.63. The van der Waals surface area contributed by atoms with Crippen LogP contribution in [0.25, 0.3) is 11.3 Å². The van der Waals surface area contributed by atoms with Crippen LogP contribution < -0.4 is 10.2 Å². The lowest BCUT2D eigenvalue weighted by Gasteiger charge is -2.41. The van der Waals surface area contributed by atoms with Gasteiger partial charge in [0.2, 0.25) is 0 Å². The predicted molar refractivity (Wildman–Crippen MR) is 97.2 cm³/mol. The third-order valence-electron chi connectivity index (χ3n) is 5.31. The van der Waals surface area contributed by atoms with E-state index in [1.807, 2.05) is 24.3 Å². The molecule has 2 aliphatic rings. The van der Waals surface area contributed by atoms with Crippen molar-refractivity contribution in [1.29, 1.82) is 0 Å². The molecular formula is C19H25N5O. The van der Waals surface area contributed by atoms with Crippen LogP contribution in [0.2, 0.25) is 0 Å². The van der Waals surface area contributed by atoms with Crippen molar-refractivity contribution in [1.82, 2.24) is 20.5 Å². The normalized spacial score (nSPS) is 24.1. The number of nitrogens with zero attached hydrogens (tertiary/aromatic N) is 4. The zero-order chi connectivity index (χ0) is 17.1. The maximum atomic E-state index is 10.0. The second-order valence-corrected chi connectivity index (χ2v) is 7.15. The van der Waals surface area contributed by atoms with E-state index in [1.54, 1.807) is 12.4 Å². The van der Waals surface area contributed by atoms with Crippen LogP contribution in [-0.2, 0) is 0 Å². The van der Waals surface area contributed by atoms with Crippen LogP contribution in [-0.4, -0.2) is 52.1 Å². The zero-order valence-electron chi connectivity index (χ0n) is 14.4. The molecule has 1 aliphatic heterocycles. The quantitative estimate of drug-likeness (QED) is 0.866. The summed E-state index contributed by atoms with van der Waals surface area (Å²) in [5, 5.41) is 22.3. The van der Waals surface area contributed by atoms with Gasteiger partial charge in [-0.1, -0.05) is 12.8 Å². The Balaban J connectivity index is 1.26. The molecule has 1 aliphatic carbocycles. The van der Waals surface area contributed by atoms with Gasteiger partial charge in [-0.3, -0.25) is 4.98 Å². The lowest BCUT2D eigenvalue weighted by atomic mass is 9.91. The van der Waals surface area contributed by atoms with Gasteiger partial charge >= 0.3 is 0 Å². The van der Waals surface area contributed by atoms with Gasteiger partial charge in [0.25, 0.3) is 0 Å². The number of hydrogen-bond acceptors (Lipinski definition) is 6. The molecule has 6 nitrogen and oxygen atoms in total. The summed E-state index contributed by atoms with van der Waals surface area (Å²) in [7, 11) is 0. The summed E-state index contributed by atoms with van der Waals surface area (Å²) in [6.45, 7) is 2.97. The van der Waals surface area contributed by atoms with Crippen LogP contribution in [0.15, 0.2) is 36.7 Å². The first-order valence-corrected chi connectivity index (χ1v) is 9.20. The summed E-state index contributed by atoms with van der Waals surface area (Å²) < 4.78 is 0. The van der Waals surface area contributed by atoms with Crippen LogP contribution in [0.5, 0.6) is 0 Å². The Hall–Kier alpha value is -2.05. The topological polar surface area (TPSA) is 74.2 Å². The molecule has 6 heteroatoms. The van der Waals surface area contributed by atoms with E-state index in [4.69, 9.17) is 0 Å². The molecule has 0 bridgehead atoms. The molecule has 132 valence electrons. The van der Waals surface area contributed by atoms with Crippen molar-refractivity contribution in [3.8, 4) is 11.3 Å². The van der Waals surface area contributed by atoms with Crippen molar-refractivity contribution in [3.05, 3.63) is 36.7 Å². The van der Waals surface area contributed by atoms with Crippen LogP contribution in [0.1, 0.15) is 25.7 Å². The fourth-order valence-corrected chi connectivity index (χ4v) is 3.72. The molecule has 4 rings (SSSR count). The number of nitrogens with one attached hydrogen (secondary N) is 1. The van der Waals surface area contributed by atoms with Gasteiger partial charge in [0.15, 0.2) is 5.82 Å². The molecule has 2 aromatic heterocycles. The summed E-state index contributed by atoms with van der Waals surface area (Å²) in [5.41, 5.74) is 1.90. The fourth-order valence-electron chi connectivity index (χ4n) is 3.72. The number of aliphatic hydroxyl groups excluding tert-OH is 1. The molecule has 0 aromatic carbocycles. The van der Waals surface area contributed by atoms with Crippen molar-refractivity contribution in [2.75, 3.05) is 24.5 Å².